The van der Waals surface area contributed by atoms with Gasteiger partial charge in [0.2, 0.25) is 0 Å². The number of pyridine rings is 1. The second kappa shape index (κ2) is 9.15. The molecule has 0 bridgehead atoms. The summed E-state index contributed by atoms with van der Waals surface area (Å²) in [6.45, 7) is 14.3. The zero-order chi connectivity index (χ0) is 27.4. The molecule has 1 aliphatic heterocycles. The number of rotatable bonds is 7. The zero-order valence-corrected chi connectivity index (χ0v) is 22.0. The highest BCUT2D eigenvalue weighted by Crippen LogP contribution is 2.55. The van der Waals surface area contributed by atoms with Crippen molar-refractivity contribution in [3.05, 3.63) is 68.9 Å². The molecule has 4 N–H and O–H groups in total. The Kier molecular flexibility index (Phi) is 6.21. The molecule has 1 aliphatic carbocycles. The highest BCUT2D eigenvalue weighted by molar-refractivity contribution is 5.92. The molecule has 38 heavy (non-hydrogen) atoms. The molecular weight excluding hydrogens is 482 g/mol. The molecule has 1 aromatic carbocycles. The fourth-order valence-corrected chi connectivity index (χ4v) is 6.81. The summed E-state index contributed by atoms with van der Waals surface area (Å²) in [5, 5.41) is 24.3. The van der Waals surface area contributed by atoms with E-state index in [0.717, 1.165) is 49.1 Å². The molecule has 2 aliphatic rings. The van der Waals surface area contributed by atoms with Gasteiger partial charge in [-0.25, -0.2) is 4.79 Å². The van der Waals surface area contributed by atoms with Gasteiger partial charge in [0, 0.05) is 54.8 Å². The van der Waals surface area contributed by atoms with Crippen molar-refractivity contribution >= 4 is 16.9 Å². The van der Waals surface area contributed by atoms with Gasteiger partial charge in [-0.15, -0.1) is 6.58 Å². The molecule has 3 atom stereocenters. The van der Waals surface area contributed by atoms with Crippen LogP contribution < -0.4 is 10.9 Å². The van der Waals surface area contributed by atoms with Crippen LogP contribution in [0, 0.1) is 12.0 Å². The topological polar surface area (TPSA) is 115 Å². The Balaban J connectivity index is 1.49. The molecule has 3 unspecified atom stereocenters. The first-order valence-corrected chi connectivity index (χ1v) is 12.9. The quantitative estimate of drug-likeness (QED) is 0.357. The number of H-pyrrole nitrogens is 1. The third-order valence-electron chi connectivity index (χ3n) is 8.83. The number of aromatic nitrogens is 2. The minimum absolute atomic E-state index is 0.167. The first-order chi connectivity index (χ1) is 18.1. The Labute approximate surface area is 221 Å². The molecule has 2 fully saturated rings. The van der Waals surface area contributed by atoms with E-state index in [9.17, 15) is 19.8 Å². The number of hydrogen-bond donors (Lipinski definition) is 4. The molecule has 1 saturated heterocycles. The van der Waals surface area contributed by atoms with Crippen LogP contribution >= 0.6 is 0 Å². The smallest absolute Gasteiger partial charge is 0.345 e. The Morgan fingerprint density at radius 2 is 2.11 bits per heavy atom. The summed E-state index contributed by atoms with van der Waals surface area (Å²) >= 11 is 0. The lowest BCUT2D eigenvalue weighted by atomic mass is 9.75. The highest BCUT2D eigenvalue weighted by Gasteiger charge is 2.69. The number of nitrogens with one attached hydrogen (secondary N) is 2. The highest BCUT2D eigenvalue weighted by atomic mass is 16.4. The third-order valence-corrected chi connectivity index (χ3v) is 8.83. The standard InChI is InChI=1S/C29H33N5O4/c1-6-21-24(32-26(36)23(25(21)35)27(37)38)17-8-9-22-18(10-17)11-20(33(22)5)14-34-15-28(7-2)12-19(30-3)13-29(28,16-34)31-4/h4,7-11,19,30H,2,6,12-16H2,1,3,5H3,(H2-,32,35,36,37,38)/p+1. The van der Waals surface area contributed by atoms with Crippen molar-refractivity contribution in [1.82, 2.24) is 19.8 Å². The number of benzene rings is 1. The predicted molar refractivity (Wildman–Crippen MR) is 148 cm³/mol. The van der Waals surface area contributed by atoms with Crippen LogP contribution in [0.5, 0.6) is 5.75 Å². The van der Waals surface area contributed by atoms with Crippen molar-refractivity contribution in [2.45, 2.75) is 44.3 Å². The lowest BCUT2D eigenvalue weighted by molar-refractivity contribution is 0.0691. The molecule has 198 valence electrons. The Morgan fingerprint density at radius 1 is 1.34 bits per heavy atom. The number of carboxylic acids is 1. The van der Waals surface area contributed by atoms with Gasteiger partial charge in [0.05, 0.1) is 17.7 Å². The van der Waals surface area contributed by atoms with Gasteiger partial charge in [0.25, 0.3) is 12.1 Å². The minimum Gasteiger partial charge on any atom is -0.506 e. The van der Waals surface area contributed by atoms with Crippen LogP contribution in [0.25, 0.3) is 27.0 Å². The number of aromatic hydroxyl groups is 1. The van der Waals surface area contributed by atoms with Crippen molar-refractivity contribution in [2.75, 3.05) is 20.1 Å². The molecular formula is C29H34N5O4+. The molecule has 0 radical (unpaired) electrons. The third kappa shape index (κ3) is 3.67. The number of fused-ring (bicyclic) bond motifs is 2. The Bertz CT molecular complexity index is 1560. The van der Waals surface area contributed by atoms with Gasteiger partial charge in [0.15, 0.2) is 5.56 Å². The summed E-state index contributed by atoms with van der Waals surface area (Å²) in [5.74, 6) is -1.94. The molecule has 9 nitrogen and oxygen atoms in total. The number of aromatic carboxylic acids is 1. The summed E-state index contributed by atoms with van der Waals surface area (Å²) in [5.41, 5.74) is 1.70. The van der Waals surface area contributed by atoms with E-state index in [1.807, 2.05) is 45.3 Å². The lowest BCUT2D eigenvalue weighted by Gasteiger charge is -2.24. The van der Waals surface area contributed by atoms with Crippen LogP contribution in [0.15, 0.2) is 41.7 Å². The molecule has 0 spiro atoms. The normalized spacial score (nSPS) is 24.9. The number of aromatic amines is 1. The Morgan fingerprint density at radius 3 is 2.71 bits per heavy atom. The SMILES string of the molecule is C#[N+]C12CC(NC)CC1(C=C)CN(Cc1cc3cc(-c4[nH]c(=O)c(C(=O)O)c(O)c4CC)ccc3n1C)C2. The molecule has 3 aromatic rings. The van der Waals surface area contributed by atoms with E-state index in [0.29, 0.717) is 29.3 Å². The second-order valence-corrected chi connectivity index (χ2v) is 10.7. The summed E-state index contributed by atoms with van der Waals surface area (Å²) in [4.78, 5) is 33.4. The van der Waals surface area contributed by atoms with Crippen LogP contribution in [-0.4, -0.2) is 62.4 Å². The van der Waals surface area contributed by atoms with Crippen LogP contribution in [0.4, 0.5) is 0 Å². The molecule has 2 aromatic heterocycles. The maximum absolute atomic E-state index is 12.4. The lowest BCUT2D eigenvalue weighted by Crippen LogP contribution is -2.38. The molecule has 0 amide bonds. The van der Waals surface area contributed by atoms with E-state index in [1.54, 1.807) is 0 Å². The number of hydrogen-bond acceptors (Lipinski definition) is 5. The number of carboxylic acid groups (broad SMARTS) is 1. The monoisotopic (exact) mass is 516 g/mol. The van der Waals surface area contributed by atoms with Crippen molar-refractivity contribution in [1.29, 1.82) is 0 Å². The van der Waals surface area contributed by atoms with Crippen LogP contribution in [0.2, 0.25) is 0 Å². The van der Waals surface area contributed by atoms with Crippen molar-refractivity contribution in [3.63, 3.8) is 0 Å². The first-order valence-electron chi connectivity index (χ1n) is 12.9. The number of carbonyl (C=O) groups is 1. The van der Waals surface area contributed by atoms with Gasteiger partial charge in [0.1, 0.15) is 5.75 Å². The average Bonchev–Trinajstić information content (AvgIpc) is 3.48. The zero-order valence-electron chi connectivity index (χ0n) is 22.0. The van der Waals surface area contributed by atoms with Crippen molar-refractivity contribution in [3.8, 4) is 23.6 Å². The van der Waals surface area contributed by atoms with Gasteiger partial charge >= 0.3 is 11.5 Å². The molecule has 9 heteroatoms. The van der Waals surface area contributed by atoms with Gasteiger partial charge in [-0.05, 0) is 43.7 Å². The average molecular weight is 517 g/mol. The summed E-state index contributed by atoms with van der Waals surface area (Å²) in [7, 11) is 4.01. The van der Waals surface area contributed by atoms with E-state index in [4.69, 9.17) is 6.57 Å². The van der Waals surface area contributed by atoms with Gasteiger partial charge in [-0.1, -0.05) is 23.9 Å². The molecule has 1 saturated carbocycles. The van der Waals surface area contributed by atoms with Gasteiger partial charge < -0.3 is 25.1 Å². The summed E-state index contributed by atoms with van der Waals surface area (Å²) < 4.78 is 2.16. The molecule has 5 rings (SSSR count). The minimum atomic E-state index is -1.46. The fraction of sp³-hybridized carbons (Fsp3) is 0.414. The van der Waals surface area contributed by atoms with Crippen LogP contribution in [0.3, 0.4) is 0 Å². The van der Waals surface area contributed by atoms with E-state index in [-0.39, 0.29) is 11.0 Å². The fourth-order valence-electron chi connectivity index (χ4n) is 6.81. The van der Waals surface area contributed by atoms with E-state index in [1.165, 1.54) is 0 Å². The second-order valence-electron chi connectivity index (χ2n) is 10.7. The number of aryl methyl sites for hydroxylation is 1. The maximum atomic E-state index is 12.4. The van der Waals surface area contributed by atoms with E-state index in [2.05, 4.69) is 37.3 Å². The van der Waals surface area contributed by atoms with Crippen LogP contribution in [-0.2, 0) is 20.0 Å². The maximum Gasteiger partial charge on any atom is 0.345 e. The van der Waals surface area contributed by atoms with E-state index >= 15 is 0 Å². The number of likely N-dealkylation sites (tertiary alicyclic amines) is 1. The van der Waals surface area contributed by atoms with Gasteiger partial charge in [-0.2, -0.15) is 0 Å². The van der Waals surface area contributed by atoms with Gasteiger partial charge in [-0.3, -0.25) is 9.69 Å². The predicted octanol–water partition coefficient (Wildman–Crippen LogP) is 3.57. The summed E-state index contributed by atoms with van der Waals surface area (Å²) in [6.07, 6.45) is 4.24. The van der Waals surface area contributed by atoms with Crippen molar-refractivity contribution < 1.29 is 15.0 Å². The Hall–Kier alpha value is -3.87. The molecule has 3 heterocycles. The van der Waals surface area contributed by atoms with E-state index < -0.39 is 22.8 Å². The first kappa shape index (κ1) is 25.8. The number of nitrogens with zero attached hydrogens (tertiary/aromatic N) is 3. The van der Waals surface area contributed by atoms with Crippen molar-refractivity contribution in [2.24, 2.45) is 12.5 Å². The van der Waals surface area contributed by atoms with Crippen LogP contribution in [0.1, 0.15) is 41.4 Å². The summed E-state index contributed by atoms with van der Waals surface area (Å²) in [6, 6.07) is 8.31. The largest absolute Gasteiger partial charge is 0.506 e.